The first kappa shape index (κ1) is 8.78. The summed E-state index contributed by atoms with van der Waals surface area (Å²) in [6.07, 6.45) is 4.20. The van der Waals surface area contributed by atoms with Gasteiger partial charge in [-0.15, -0.1) is 0 Å². The van der Waals surface area contributed by atoms with Crippen molar-refractivity contribution >= 4 is 0 Å². The van der Waals surface area contributed by atoms with Gasteiger partial charge in [-0.2, -0.15) is 0 Å². The van der Waals surface area contributed by atoms with E-state index in [1.165, 1.54) is 0 Å². The summed E-state index contributed by atoms with van der Waals surface area (Å²) in [4.78, 5) is 0. The number of rotatable bonds is 2. The van der Waals surface area contributed by atoms with Crippen LogP contribution < -0.4 is 5.73 Å². The molecule has 0 saturated heterocycles. The van der Waals surface area contributed by atoms with Gasteiger partial charge in [-0.05, 0) is 25.0 Å². The molecular formula is C10H15NO2. The molecule has 3 heteroatoms. The Morgan fingerprint density at radius 3 is 2.92 bits per heavy atom. The summed E-state index contributed by atoms with van der Waals surface area (Å²) in [6.45, 7) is 0. The van der Waals surface area contributed by atoms with Crippen molar-refractivity contribution in [2.75, 3.05) is 0 Å². The van der Waals surface area contributed by atoms with Crippen LogP contribution in [0.1, 0.15) is 31.1 Å². The summed E-state index contributed by atoms with van der Waals surface area (Å²) >= 11 is 0. The minimum absolute atomic E-state index is 0.125. The Labute approximate surface area is 77.5 Å². The number of nitrogens with two attached hydrogens (primary N) is 1. The van der Waals surface area contributed by atoms with Crippen LogP contribution in [0.15, 0.2) is 22.8 Å². The van der Waals surface area contributed by atoms with Crippen molar-refractivity contribution < 1.29 is 9.52 Å². The van der Waals surface area contributed by atoms with Crippen LogP contribution in [-0.2, 0) is 0 Å². The monoisotopic (exact) mass is 181 g/mol. The first-order chi connectivity index (χ1) is 6.29. The molecule has 0 bridgehead atoms. The second kappa shape index (κ2) is 3.52. The minimum Gasteiger partial charge on any atom is -0.467 e. The molecule has 1 aromatic heterocycles. The molecule has 3 N–H and O–H groups in total. The SMILES string of the molecule is NC1CCCC1C(O)c1ccco1. The molecule has 1 heterocycles. The number of aliphatic hydroxyl groups is 1. The number of furan rings is 1. The molecule has 3 unspecified atom stereocenters. The molecule has 3 nitrogen and oxygen atoms in total. The maximum atomic E-state index is 9.91. The van der Waals surface area contributed by atoms with Crippen LogP contribution in [-0.4, -0.2) is 11.1 Å². The van der Waals surface area contributed by atoms with Crippen LogP contribution in [0.5, 0.6) is 0 Å². The van der Waals surface area contributed by atoms with E-state index in [0.29, 0.717) is 5.76 Å². The van der Waals surface area contributed by atoms with Gasteiger partial charge in [0, 0.05) is 12.0 Å². The number of hydrogen-bond acceptors (Lipinski definition) is 3. The van der Waals surface area contributed by atoms with E-state index < -0.39 is 6.10 Å². The van der Waals surface area contributed by atoms with Gasteiger partial charge in [-0.25, -0.2) is 0 Å². The van der Waals surface area contributed by atoms with E-state index in [9.17, 15) is 5.11 Å². The Morgan fingerprint density at radius 2 is 2.38 bits per heavy atom. The molecule has 1 aromatic rings. The van der Waals surface area contributed by atoms with Gasteiger partial charge in [-0.3, -0.25) is 0 Å². The van der Waals surface area contributed by atoms with Crippen LogP contribution >= 0.6 is 0 Å². The molecular weight excluding hydrogens is 166 g/mol. The maximum absolute atomic E-state index is 9.91. The van der Waals surface area contributed by atoms with Gasteiger partial charge in [0.05, 0.1) is 6.26 Å². The Kier molecular flexibility index (Phi) is 2.38. The second-order valence-corrected chi connectivity index (χ2v) is 3.72. The average Bonchev–Trinajstić information content (AvgIpc) is 2.72. The largest absolute Gasteiger partial charge is 0.467 e. The van der Waals surface area contributed by atoms with Crippen LogP contribution in [0, 0.1) is 5.92 Å². The van der Waals surface area contributed by atoms with Crippen LogP contribution in [0.4, 0.5) is 0 Å². The van der Waals surface area contributed by atoms with E-state index in [-0.39, 0.29) is 12.0 Å². The summed E-state index contributed by atoms with van der Waals surface area (Å²) in [6, 6.07) is 3.72. The van der Waals surface area contributed by atoms with Gasteiger partial charge in [-0.1, -0.05) is 6.42 Å². The molecule has 0 aliphatic heterocycles. The van der Waals surface area contributed by atoms with E-state index in [1.54, 1.807) is 18.4 Å². The van der Waals surface area contributed by atoms with Crippen molar-refractivity contribution in [3.8, 4) is 0 Å². The highest BCUT2D eigenvalue weighted by Crippen LogP contribution is 2.34. The summed E-state index contributed by atoms with van der Waals surface area (Å²) in [5.74, 6) is 0.813. The fraction of sp³-hybridized carbons (Fsp3) is 0.600. The van der Waals surface area contributed by atoms with Crippen LogP contribution in [0.25, 0.3) is 0 Å². The highest BCUT2D eigenvalue weighted by molar-refractivity contribution is 5.05. The smallest absolute Gasteiger partial charge is 0.132 e. The Hall–Kier alpha value is -0.800. The lowest BCUT2D eigenvalue weighted by molar-refractivity contribution is 0.0812. The molecule has 0 radical (unpaired) electrons. The molecule has 2 rings (SSSR count). The zero-order valence-corrected chi connectivity index (χ0v) is 7.52. The first-order valence-corrected chi connectivity index (χ1v) is 4.76. The molecule has 0 aromatic carbocycles. The lowest BCUT2D eigenvalue weighted by atomic mass is 9.96. The zero-order chi connectivity index (χ0) is 9.26. The first-order valence-electron chi connectivity index (χ1n) is 4.76. The van der Waals surface area contributed by atoms with E-state index in [0.717, 1.165) is 19.3 Å². The van der Waals surface area contributed by atoms with Gasteiger partial charge >= 0.3 is 0 Å². The van der Waals surface area contributed by atoms with E-state index in [1.807, 2.05) is 0 Å². The predicted molar refractivity (Wildman–Crippen MR) is 49.0 cm³/mol. The molecule has 0 spiro atoms. The third kappa shape index (κ3) is 1.62. The van der Waals surface area contributed by atoms with E-state index in [2.05, 4.69) is 0 Å². The van der Waals surface area contributed by atoms with Crippen molar-refractivity contribution in [1.82, 2.24) is 0 Å². The zero-order valence-electron chi connectivity index (χ0n) is 7.52. The maximum Gasteiger partial charge on any atom is 0.132 e. The number of hydrogen-bond donors (Lipinski definition) is 2. The van der Waals surface area contributed by atoms with E-state index >= 15 is 0 Å². The van der Waals surface area contributed by atoms with Crippen LogP contribution in [0.2, 0.25) is 0 Å². The lowest BCUT2D eigenvalue weighted by Crippen LogP contribution is -2.29. The summed E-state index contributed by atoms with van der Waals surface area (Å²) in [7, 11) is 0. The third-order valence-electron chi connectivity index (χ3n) is 2.87. The highest BCUT2D eigenvalue weighted by atomic mass is 16.4. The third-order valence-corrected chi connectivity index (χ3v) is 2.87. The van der Waals surface area contributed by atoms with Gasteiger partial charge in [0.15, 0.2) is 0 Å². The highest BCUT2D eigenvalue weighted by Gasteiger charge is 2.32. The summed E-state index contributed by atoms with van der Waals surface area (Å²) in [5, 5.41) is 9.91. The second-order valence-electron chi connectivity index (χ2n) is 3.72. The molecule has 13 heavy (non-hydrogen) atoms. The van der Waals surface area contributed by atoms with Gasteiger partial charge in [0.1, 0.15) is 11.9 Å². The fourth-order valence-electron chi connectivity index (χ4n) is 2.08. The van der Waals surface area contributed by atoms with Crippen molar-refractivity contribution in [2.45, 2.75) is 31.4 Å². The Morgan fingerprint density at radius 1 is 1.54 bits per heavy atom. The van der Waals surface area contributed by atoms with Gasteiger partial charge in [0.2, 0.25) is 0 Å². The lowest BCUT2D eigenvalue weighted by Gasteiger charge is -2.19. The van der Waals surface area contributed by atoms with Crippen molar-refractivity contribution in [3.05, 3.63) is 24.2 Å². The fourth-order valence-corrected chi connectivity index (χ4v) is 2.08. The molecule has 1 aliphatic rings. The Bertz CT molecular complexity index is 258. The summed E-state index contributed by atoms with van der Waals surface area (Å²) < 4.78 is 5.15. The molecule has 1 fully saturated rings. The van der Waals surface area contributed by atoms with Gasteiger partial charge in [0.25, 0.3) is 0 Å². The average molecular weight is 181 g/mol. The van der Waals surface area contributed by atoms with E-state index in [4.69, 9.17) is 10.2 Å². The van der Waals surface area contributed by atoms with Crippen LogP contribution in [0.3, 0.4) is 0 Å². The molecule has 1 aliphatic carbocycles. The standard InChI is InChI=1S/C10H15NO2/c11-8-4-1-3-7(8)10(12)9-5-2-6-13-9/h2,5-8,10,12H,1,3-4,11H2. The summed E-state index contributed by atoms with van der Waals surface area (Å²) in [5.41, 5.74) is 5.88. The Balaban J connectivity index is 2.08. The topological polar surface area (TPSA) is 59.4 Å². The predicted octanol–water partition coefficient (Wildman–Crippen LogP) is 1.44. The molecule has 72 valence electrons. The minimum atomic E-state index is -0.521. The molecule has 0 amide bonds. The quantitative estimate of drug-likeness (QED) is 0.725. The molecule has 3 atom stereocenters. The molecule has 1 saturated carbocycles. The van der Waals surface area contributed by atoms with Crippen molar-refractivity contribution in [1.29, 1.82) is 0 Å². The van der Waals surface area contributed by atoms with Crippen molar-refractivity contribution in [3.63, 3.8) is 0 Å². The number of aliphatic hydroxyl groups excluding tert-OH is 1. The van der Waals surface area contributed by atoms with Crippen molar-refractivity contribution in [2.24, 2.45) is 11.7 Å². The normalized spacial score (nSPS) is 30.6. The van der Waals surface area contributed by atoms with Gasteiger partial charge < -0.3 is 15.3 Å².